The zero-order valence-electron chi connectivity index (χ0n) is 18.6. The summed E-state index contributed by atoms with van der Waals surface area (Å²) in [5.41, 5.74) is 2.95. The maximum absolute atomic E-state index is 13.3. The first-order chi connectivity index (χ1) is 16.5. The van der Waals surface area contributed by atoms with Crippen LogP contribution in [0.5, 0.6) is 0 Å². The first-order valence-corrected chi connectivity index (χ1v) is 10.8. The van der Waals surface area contributed by atoms with Crippen LogP contribution in [0.3, 0.4) is 0 Å². The summed E-state index contributed by atoms with van der Waals surface area (Å²) in [5.74, 6) is -1.39. The Balaban J connectivity index is 1.62. The fourth-order valence-electron chi connectivity index (χ4n) is 3.49. The van der Waals surface area contributed by atoms with Crippen LogP contribution < -0.4 is 5.32 Å². The molecule has 34 heavy (non-hydrogen) atoms. The molecule has 0 aliphatic heterocycles. The van der Waals surface area contributed by atoms with Crippen LogP contribution in [0.15, 0.2) is 109 Å². The molecule has 0 saturated carbocycles. The molecule has 1 N–H and O–H groups in total. The lowest BCUT2D eigenvalue weighted by molar-refractivity contribution is 0.0281. The minimum atomic E-state index is -1.13. The van der Waals surface area contributed by atoms with Crippen molar-refractivity contribution in [2.45, 2.75) is 13.0 Å². The Hall–Kier alpha value is -4.51. The molecule has 0 spiro atoms. The molecule has 0 heterocycles. The second kappa shape index (κ2) is 10.4. The Morgan fingerprint density at radius 2 is 1.26 bits per heavy atom. The number of Topliss-reactive ketones (excluding diaryl/α,β-unsaturated/α-hetero) is 1. The van der Waals surface area contributed by atoms with Crippen LogP contribution in [0, 0.1) is 6.92 Å². The first kappa shape index (κ1) is 22.7. The molecule has 5 heteroatoms. The van der Waals surface area contributed by atoms with E-state index >= 15 is 0 Å². The molecule has 4 aromatic rings. The summed E-state index contributed by atoms with van der Waals surface area (Å²) in [7, 11) is 0. The minimum Gasteiger partial charge on any atom is -0.445 e. The Morgan fingerprint density at radius 1 is 0.676 bits per heavy atom. The van der Waals surface area contributed by atoms with Gasteiger partial charge in [-0.1, -0.05) is 90.5 Å². The highest BCUT2D eigenvalue weighted by atomic mass is 16.5. The molecule has 4 aromatic carbocycles. The van der Waals surface area contributed by atoms with Crippen LogP contribution in [-0.4, -0.2) is 17.7 Å². The third kappa shape index (κ3) is 5.27. The van der Waals surface area contributed by atoms with Gasteiger partial charge in [0.1, 0.15) is 0 Å². The number of aryl methyl sites for hydroxylation is 1. The topological polar surface area (TPSA) is 72.5 Å². The van der Waals surface area contributed by atoms with Crippen molar-refractivity contribution in [2.75, 3.05) is 5.32 Å². The predicted octanol–water partition coefficient (Wildman–Crippen LogP) is 6.03. The van der Waals surface area contributed by atoms with Gasteiger partial charge in [-0.05, 0) is 31.2 Å². The molecule has 5 nitrogen and oxygen atoms in total. The van der Waals surface area contributed by atoms with E-state index in [-0.39, 0.29) is 17.3 Å². The van der Waals surface area contributed by atoms with Gasteiger partial charge >= 0.3 is 5.97 Å². The molecule has 0 radical (unpaired) electrons. The van der Waals surface area contributed by atoms with Crippen LogP contribution >= 0.6 is 0 Å². The Morgan fingerprint density at radius 3 is 1.94 bits per heavy atom. The molecular weight excluding hydrogens is 426 g/mol. The van der Waals surface area contributed by atoms with Crippen LogP contribution in [0.4, 0.5) is 5.69 Å². The van der Waals surface area contributed by atoms with Gasteiger partial charge in [0, 0.05) is 16.7 Å². The number of ketones is 1. The summed E-state index contributed by atoms with van der Waals surface area (Å²) < 4.78 is 5.76. The van der Waals surface area contributed by atoms with Crippen molar-refractivity contribution in [3.8, 4) is 0 Å². The average molecular weight is 450 g/mol. The summed E-state index contributed by atoms with van der Waals surface area (Å²) in [6.07, 6.45) is -1.13. The van der Waals surface area contributed by atoms with Gasteiger partial charge in [0.15, 0.2) is 6.10 Å². The highest BCUT2D eigenvalue weighted by Crippen LogP contribution is 2.26. The van der Waals surface area contributed by atoms with Crippen molar-refractivity contribution < 1.29 is 19.1 Å². The number of para-hydroxylation sites is 1. The molecular formula is C29H23NO4. The van der Waals surface area contributed by atoms with Gasteiger partial charge < -0.3 is 10.1 Å². The number of carbonyl (C=O) groups excluding carboxylic acids is 3. The normalized spacial score (nSPS) is 11.3. The van der Waals surface area contributed by atoms with Crippen molar-refractivity contribution in [2.24, 2.45) is 0 Å². The van der Waals surface area contributed by atoms with Crippen LogP contribution in [0.2, 0.25) is 0 Å². The average Bonchev–Trinajstić information content (AvgIpc) is 2.88. The number of anilines is 1. The third-order valence-corrected chi connectivity index (χ3v) is 5.33. The van der Waals surface area contributed by atoms with E-state index in [1.54, 1.807) is 84.9 Å². The van der Waals surface area contributed by atoms with E-state index in [0.717, 1.165) is 5.56 Å². The van der Waals surface area contributed by atoms with Gasteiger partial charge in [-0.15, -0.1) is 0 Å². The summed E-state index contributed by atoms with van der Waals surface area (Å²) in [4.78, 5) is 39.2. The SMILES string of the molecule is Cc1ccc(C(=O)C(OC(=O)c2ccccc2NC(=O)c2ccccc2)c2ccccc2)cc1. The molecule has 0 aliphatic rings. The zero-order chi connectivity index (χ0) is 23.9. The number of ether oxygens (including phenoxy) is 1. The summed E-state index contributed by atoms with van der Waals surface area (Å²) in [6.45, 7) is 1.93. The number of hydrogen-bond donors (Lipinski definition) is 1. The number of nitrogens with one attached hydrogen (secondary N) is 1. The second-order valence-electron chi connectivity index (χ2n) is 7.79. The van der Waals surface area contributed by atoms with Crippen molar-refractivity contribution in [1.82, 2.24) is 0 Å². The van der Waals surface area contributed by atoms with Gasteiger partial charge in [-0.3, -0.25) is 9.59 Å². The van der Waals surface area contributed by atoms with E-state index in [1.165, 1.54) is 0 Å². The van der Waals surface area contributed by atoms with Gasteiger partial charge in [0.25, 0.3) is 5.91 Å². The van der Waals surface area contributed by atoms with E-state index in [4.69, 9.17) is 4.74 Å². The number of amides is 1. The fraction of sp³-hybridized carbons (Fsp3) is 0.0690. The van der Waals surface area contributed by atoms with E-state index in [2.05, 4.69) is 5.32 Å². The van der Waals surface area contributed by atoms with Gasteiger partial charge in [-0.2, -0.15) is 0 Å². The van der Waals surface area contributed by atoms with Gasteiger partial charge in [0.2, 0.25) is 5.78 Å². The Kier molecular flexibility index (Phi) is 6.94. The van der Waals surface area contributed by atoms with Crippen LogP contribution in [0.1, 0.15) is 48.3 Å². The number of benzene rings is 4. The molecule has 1 unspecified atom stereocenters. The lowest BCUT2D eigenvalue weighted by Gasteiger charge is -2.19. The smallest absolute Gasteiger partial charge is 0.341 e. The molecule has 4 rings (SSSR count). The van der Waals surface area contributed by atoms with Gasteiger partial charge in [-0.25, -0.2) is 4.79 Å². The summed E-state index contributed by atoms with van der Waals surface area (Å²) >= 11 is 0. The largest absolute Gasteiger partial charge is 0.445 e. The Labute approximate surface area is 198 Å². The quantitative estimate of drug-likeness (QED) is 0.276. The molecule has 0 aliphatic carbocycles. The monoisotopic (exact) mass is 449 g/mol. The third-order valence-electron chi connectivity index (χ3n) is 5.33. The number of hydrogen-bond acceptors (Lipinski definition) is 4. The lowest BCUT2D eigenvalue weighted by Crippen LogP contribution is -2.22. The van der Waals surface area contributed by atoms with Crippen molar-refractivity contribution in [3.05, 3.63) is 137 Å². The minimum absolute atomic E-state index is 0.157. The summed E-state index contributed by atoms with van der Waals surface area (Å²) in [5, 5.41) is 2.76. The maximum Gasteiger partial charge on any atom is 0.341 e. The maximum atomic E-state index is 13.3. The second-order valence-corrected chi connectivity index (χ2v) is 7.79. The zero-order valence-corrected chi connectivity index (χ0v) is 18.6. The van der Waals surface area contributed by atoms with Gasteiger partial charge in [0.05, 0.1) is 11.3 Å². The van der Waals surface area contributed by atoms with Crippen LogP contribution in [0.25, 0.3) is 0 Å². The van der Waals surface area contributed by atoms with E-state index in [9.17, 15) is 14.4 Å². The lowest BCUT2D eigenvalue weighted by atomic mass is 9.99. The van der Waals surface area contributed by atoms with E-state index in [0.29, 0.717) is 22.4 Å². The molecule has 1 atom stereocenters. The highest BCUT2D eigenvalue weighted by Gasteiger charge is 2.28. The number of rotatable bonds is 7. The van der Waals surface area contributed by atoms with Crippen molar-refractivity contribution in [3.63, 3.8) is 0 Å². The first-order valence-electron chi connectivity index (χ1n) is 10.8. The molecule has 0 fully saturated rings. The van der Waals surface area contributed by atoms with E-state index in [1.807, 2.05) is 31.2 Å². The number of esters is 1. The molecule has 0 aromatic heterocycles. The van der Waals surface area contributed by atoms with Crippen molar-refractivity contribution >= 4 is 23.3 Å². The molecule has 168 valence electrons. The Bertz CT molecular complexity index is 1300. The molecule has 0 saturated heterocycles. The van der Waals surface area contributed by atoms with Crippen molar-refractivity contribution in [1.29, 1.82) is 0 Å². The standard InChI is InChI=1S/C29H23NO4/c1-20-16-18-21(19-17-20)26(31)27(22-10-4-2-5-11-22)34-29(33)24-14-8-9-15-25(24)30-28(32)23-12-6-3-7-13-23/h2-19,27H,1H3,(H,30,32). The molecule has 0 bridgehead atoms. The molecule has 1 amide bonds. The summed E-state index contributed by atoms with van der Waals surface area (Å²) in [6, 6.07) is 31.3. The predicted molar refractivity (Wildman–Crippen MR) is 131 cm³/mol. The number of carbonyl (C=O) groups is 3. The highest BCUT2D eigenvalue weighted by molar-refractivity contribution is 6.08. The van der Waals surface area contributed by atoms with E-state index < -0.39 is 12.1 Å². The fourth-order valence-corrected chi connectivity index (χ4v) is 3.49. The van der Waals surface area contributed by atoms with Crippen LogP contribution in [-0.2, 0) is 4.74 Å².